The minimum atomic E-state index is -1.19. The Morgan fingerprint density at radius 3 is 2.94 bits per heavy atom. The van der Waals surface area contributed by atoms with Gasteiger partial charge in [-0.25, -0.2) is 4.98 Å². The van der Waals surface area contributed by atoms with Crippen LogP contribution < -0.4 is 10.1 Å². The molecule has 2 N–H and O–H groups in total. The fourth-order valence-corrected chi connectivity index (χ4v) is 2.27. The van der Waals surface area contributed by atoms with Gasteiger partial charge in [-0.3, -0.25) is 4.79 Å². The van der Waals surface area contributed by atoms with E-state index < -0.39 is 5.60 Å². The number of rotatable bonds is 4. The highest BCUT2D eigenvalue weighted by Gasteiger charge is 2.38. The number of methoxy groups -OCH3 is 1. The molecule has 0 bridgehead atoms. The van der Waals surface area contributed by atoms with Gasteiger partial charge < -0.3 is 15.2 Å². The van der Waals surface area contributed by atoms with E-state index in [1.165, 1.54) is 7.11 Å². The van der Waals surface area contributed by atoms with E-state index in [1.807, 2.05) is 6.07 Å². The molecule has 1 aromatic rings. The first-order valence-corrected chi connectivity index (χ1v) is 6.14. The van der Waals surface area contributed by atoms with E-state index in [2.05, 4.69) is 10.3 Å². The van der Waals surface area contributed by atoms with Gasteiger partial charge in [0, 0.05) is 18.3 Å². The number of aromatic nitrogens is 1. The quantitative estimate of drug-likeness (QED) is 0.836. The molecule has 0 radical (unpaired) electrons. The van der Waals surface area contributed by atoms with Crippen molar-refractivity contribution in [1.29, 1.82) is 0 Å². The number of amides is 1. The van der Waals surface area contributed by atoms with Gasteiger partial charge in [0.1, 0.15) is 5.60 Å². The standard InChI is InChI=1S/C13H18N2O3/c1-18-11-10(5-4-8-14-11)9-15-12(16)13(17)6-2-3-7-13/h4-5,8,17H,2-3,6-7,9H2,1H3,(H,15,16). The maximum atomic E-state index is 11.9. The minimum absolute atomic E-state index is 0.300. The fourth-order valence-electron chi connectivity index (χ4n) is 2.27. The molecule has 0 unspecified atom stereocenters. The van der Waals surface area contributed by atoms with Crippen LogP contribution in [0.15, 0.2) is 18.3 Å². The highest BCUT2D eigenvalue weighted by atomic mass is 16.5. The van der Waals surface area contributed by atoms with E-state index in [9.17, 15) is 9.90 Å². The molecule has 1 fully saturated rings. The smallest absolute Gasteiger partial charge is 0.252 e. The van der Waals surface area contributed by atoms with Gasteiger partial charge in [0.25, 0.3) is 5.91 Å². The van der Waals surface area contributed by atoms with Gasteiger partial charge in [0.15, 0.2) is 0 Å². The molecule has 18 heavy (non-hydrogen) atoms. The zero-order valence-corrected chi connectivity index (χ0v) is 10.5. The number of carbonyl (C=O) groups excluding carboxylic acids is 1. The van der Waals surface area contributed by atoms with Crippen LogP contribution in [0.1, 0.15) is 31.2 Å². The van der Waals surface area contributed by atoms with Crippen LogP contribution in [0.2, 0.25) is 0 Å². The van der Waals surface area contributed by atoms with Crippen LogP contribution in [-0.2, 0) is 11.3 Å². The van der Waals surface area contributed by atoms with Crippen molar-refractivity contribution in [2.45, 2.75) is 37.8 Å². The lowest BCUT2D eigenvalue weighted by molar-refractivity contribution is -0.139. The number of nitrogens with zero attached hydrogens (tertiary/aromatic N) is 1. The Hall–Kier alpha value is -1.62. The average molecular weight is 250 g/mol. The lowest BCUT2D eigenvalue weighted by Crippen LogP contribution is -2.44. The van der Waals surface area contributed by atoms with Gasteiger partial charge in [-0.2, -0.15) is 0 Å². The summed E-state index contributed by atoms with van der Waals surface area (Å²) in [6.07, 6.45) is 4.53. The first kappa shape index (κ1) is 12.8. The van der Waals surface area contributed by atoms with Crippen LogP contribution in [0, 0.1) is 0 Å². The van der Waals surface area contributed by atoms with Gasteiger partial charge >= 0.3 is 0 Å². The highest BCUT2D eigenvalue weighted by molar-refractivity contribution is 5.85. The maximum absolute atomic E-state index is 11.9. The van der Waals surface area contributed by atoms with Crippen molar-refractivity contribution in [3.05, 3.63) is 23.9 Å². The monoisotopic (exact) mass is 250 g/mol. The zero-order chi connectivity index (χ0) is 13.0. The molecule has 1 aliphatic carbocycles. The summed E-state index contributed by atoms with van der Waals surface area (Å²) in [5, 5.41) is 12.9. The molecule has 1 heterocycles. The van der Waals surface area contributed by atoms with Crippen molar-refractivity contribution >= 4 is 5.91 Å². The predicted octanol–water partition coefficient (Wildman–Crippen LogP) is 1.01. The Morgan fingerprint density at radius 1 is 1.56 bits per heavy atom. The number of carbonyl (C=O) groups is 1. The number of hydrogen-bond acceptors (Lipinski definition) is 4. The van der Waals surface area contributed by atoms with Crippen LogP contribution in [0.25, 0.3) is 0 Å². The maximum Gasteiger partial charge on any atom is 0.252 e. The van der Waals surface area contributed by atoms with Crippen LogP contribution >= 0.6 is 0 Å². The molecular weight excluding hydrogens is 232 g/mol. The highest BCUT2D eigenvalue weighted by Crippen LogP contribution is 2.29. The first-order chi connectivity index (χ1) is 8.65. The third kappa shape index (κ3) is 2.61. The summed E-state index contributed by atoms with van der Waals surface area (Å²) in [5.41, 5.74) is -0.384. The Morgan fingerprint density at radius 2 is 2.28 bits per heavy atom. The van der Waals surface area contributed by atoms with E-state index in [0.717, 1.165) is 18.4 Å². The number of aliphatic hydroxyl groups is 1. The van der Waals surface area contributed by atoms with Crippen molar-refractivity contribution in [2.24, 2.45) is 0 Å². The second-order valence-corrected chi connectivity index (χ2v) is 4.59. The van der Waals surface area contributed by atoms with Crippen molar-refractivity contribution in [2.75, 3.05) is 7.11 Å². The van der Waals surface area contributed by atoms with Crippen LogP contribution in [0.3, 0.4) is 0 Å². The molecular formula is C13H18N2O3. The molecule has 0 spiro atoms. The first-order valence-electron chi connectivity index (χ1n) is 6.14. The van der Waals surface area contributed by atoms with E-state index in [1.54, 1.807) is 12.3 Å². The second kappa shape index (κ2) is 5.35. The molecule has 5 heteroatoms. The second-order valence-electron chi connectivity index (χ2n) is 4.59. The molecule has 2 rings (SSSR count). The SMILES string of the molecule is COc1ncccc1CNC(=O)C1(O)CCCC1. The van der Waals surface area contributed by atoms with Gasteiger partial charge in [0.05, 0.1) is 7.11 Å². The van der Waals surface area contributed by atoms with Crippen LogP contribution in [0.5, 0.6) is 5.88 Å². The summed E-state index contributed by atoms with van der Waals surface area (Å²) in [6, 6.07) is 3.62. The van der Waals surface area contributed by atoms with Crippen LogP contribution in [0.4, 0.5) is 0 Å². The molecule has 0 aliphatic heterocycles. The summed E-state index contributed by atoms with van der Waals surface area (Å²) >= 11 is 0. The van der Waals surface area contributed by atoms with E-state index >= 15 is 0 Å². The summed E-state index contributed by atoms with van der Waals surface area (Å²) in [4.78, 5) is 16.0. The topological polar surface area (TPSA) is 71.5 Å². The lowest BCUT2D eigenvalue weighted by Gasteiger charge is -2.21. The summed E-state index contributed by atoms with van der Waals surface area (Å²) in [6.45, 7) is 0.318. The molecule has 1 saturated carbocycles. The van der Waals surface area contributed by atoms with E-state index in [4.69, 9.17) is 4.74 Å². The number of ether oxygens (including phenoxy) is 1. The van der Waals surface area contributed by atoms with Crippen molar-refractivity contribution in [1.82, 2.24) is 10.3 Å². The number of hydrogen-bond donors (Lipinski definition) is 2. The number of nitrogens with one attached hydrogen (secondary N) is 1. The van der Waals surface area contributed by atoms with Gasteiger partial charge in [-0.05, 0) is 31.7 Å². The molecule has 98 valence electrons. The molecule has 1 amide bonds. The van der Waals surface area contributed by atoms with Gasteiger partial charge in [-0.1, -0.05) is 6.07 Å². The van der Waals surface area contributed by atoms with Gasteiger partial charge in [-0.15, -0.1) is 0 Å². The summed E-state index contributed by atoms with van der Waals surface area (Å²) < 4.78 is 5.10. The molecule has 1 aliphatic rings. The third-order valence-corrected chi connectivity index (χ3v) is 3.34. The summed E-state index contributed by atoms with van der Waals surface area (Å²) in [7, 11) is 1.54. The van der Waals surface area contributed by atoms with E-state index in [0.29, 0.717) is 25.3 Å². The molecule has 0 saturated heterocycles. The van der Waals surface area contributed by atoms with Crippen molar-refractivity contribution < 1.29 is 14.6 Å². The fraction of sp³-hybridized carbons (Fsp3) is 0.538. The lowest BCUT2D eigenvalue weighted by atomic mass is 10.0. The number of pyridine rings is 1. The van der Waals surface area contributed by atoms with E-state index in [-0.39, 0.29) is 5.91 Å². The Bertz CT molecular complexity index is 428. The molecule has 0 atom stereocenters. The minimum Gasteiger partial charge on any atom is -0.481 e. The largest absolute Gasteiger partial charge is 0.481 e. The normalized spacial score (nSPS) is 17.4. The van der Waals surface area contributed by atoms with Gasteiger partial charge in [0.2, 0.25) is 5.88 Å². The third-order valence-electron chi connectivity index (χ3n) is 3.34. The Labute approximate surface area is 106 Å². The molecule has 0 aromatic carbocycles. The average Bonchev–Trinajstić information content (AvgIpc) is 2.84. The van der Waals surface area contributed by atoms with Crippen molar-refractivity contribution in [3.8, 4) is 5.88 Å². The van der Waals surface area contributed by atoms with Crippen LogP contribution in [-0.4, -0.2) is 28.7 Å². The van der Waals surface area contributed by atoms with Crippen molar-refractivity contribution in [3.63, 3.8) is 0 Å². The Balaban J connectivity index is 1.97. The summed E-state index contributed by atoms with van der Waals surface area (Å²) in [5.74, 6) is 0.196. The molecule has 1 aromatic heterocycles. The molecule has 5 nitrogen and oxygen atoms in total. The zero-order valence-electron chi connectivity index (χ0n) is 10.5. The predicted molar refractivity (Wildman–Crippen MR) is 66.1 cm³/mol. The Kier molecular flexibility index (Phi) is 3.81.